The number of halogens is 6. The van der Waals surface area contributed by atoms with Gasteiger partial charge in [-0.25, -0.2) is 18.7 Å². The molecule has 0 radical (unpaired) electrons. The van der Waals surface area contributed by atoms with Gasteiger partial charge in [0.15, 0.2) is 5.82 Å². The maximum absolute atomic E-state index is 15.5. The van der Waals surface area contributed by atoms with Crippen LogP contribution in [0.5, 0.6) is 5.75 Å². The highest BCUT2D eigenvalue weighted by molar-refractivity contribution is 14.1. The largest absolute Gasteiger partial charge is 0.507 e. The number of fused-ring (bicyclic) bond motifs is 1. The summed E-state index contributed by atoms with van der Waals surface area (Å²) in [5.74, 6) is -4.10. The van der Waals surface area contributed by atoms with Crippen LogP contribution in [0.2, 0.25) is 0 Å². The first kappa shape index (κ1) is 21.0. The second-order valence-electron chi connectivity index (χ2n) is 6.68. The van der Waals surface area contributed by atoms with Crippen molar-refractivity contribution in [1.29, 1.82) is 0 Å². The Hall–Kier alpha value is -2.28. The van der Waals surface area contributed by atoms with Crippen molar-refractivity contribution in [1.82, 2.24) is 15.3 Å². The molecule has 1 aliphatic rings. The SMILES string of the molecule is Oc1cccc(F)c1-c1c(I)cc2c(N3CCNCC3)nc(C(F)(F)F)nc2c1F. The molecule has 30 heavy (non-hydrogen) atoms. The minimum atomic E-state index is -4.90. The molecule has 0 atom stereocenters. The Morgan fingerprint density at radius 3 is 2.40 bits per heavy atom. The summed E-state index contributed by atoms with van der Waals surface area (Å²) in [5, 5.41) is 13.3. The van der Waals surface area contributed by atoms with Gasteiger partial charge >= 0.3 is 6.18 Å². The first-order chi connectivity index (χ1) is 14.2. The Balaban J connectivity index is 2.05. The highest BCUT2D eigenvalue weighted by Crippen LogP contribution is 2.41. The van der Waals surface area contributed by atoms with Gasteiger partial charge in [0.05, 0.1) is 5.56 Å². The number of nitrogens with one attached hydrogen (secondary N) is 1. The Labute approximate surface area is 181 Å². The van der Waals surface area contributed by atoms with Gasteiger partial charge in [0.1, 0.15) is 22.9 Å². The normalized spacial score (nSPS) is 15.1. The summed E-state index contributed by atoms with van der Waals surface area (Å²) in [5.41, 5.74) is -1.36. The lowest BCUT2D eigenvalue weighted by atomic mass is 10.0. The fraction of sp³-hybridized carbons (Fsp3) is 0.263. The lowest BCUT2D eigenvalue weighted by Gasteiger charge is -2.30. The highest BCUT2D eigenvalue weighted by atomic mass is 127. The van der Waals surface area contributed by atoms with E-state index in [-0.39, 0.29) is 20.3 Å². The van der Waals surface area contributed by atoms with Gasteiger partial charge in [-0.3, -0.25) is 0 Å². The van der Waals surface area contributed by atoms with Crippen molar-refractivity contribution in [2.24, 2.45) is 0 Å². The molecule has 0 amide bonds. The van der Waals surface area contributed by atoms with Crippen molar-refractivity contribution < 1.29 is 27.1 Å². The standard InChI is InChI=1S/C19H14F5IN4O/c20-10-2-1-3-12(30)13(10)14-11(25)8-9-16(15(14)21)27-18(19(22,23)24)28-17(9)29-6-4-26-5-7-29/h1-3,8,26,30H,4-7H2. The number of phenolic OH excluding ortho intramolecular Hbond substituents is 1. The number of alkyl halides is 3. The molecule has 0 bridgehead atoms. The Morgan fingerprint density at radius 2 is 1.77 bits per heavy atom. The van der Waals surface area contributed by atoms with Gasteiger partial charge < -0.3 is 15.3 Å². The average molecular weight is 536 g/mol. The second kappa shape index (κ2) is 7.76. The second-order valence-corrected chi connectivity index (χ2v) is 7.85. The molecule has 5 nitrogen and oxygen atoms in total. The molecule has 2 heterocycles. The van der Waals surface area contributed by atoms with E-state index in [0.29, 0.717) is 26.2 Å². The first-order valence-electron chi connectivity index (χ1n) is 8.89. The Morgan fingerprint density at radius 1 is 1.07 bits per heavy atom. The predicted molar refractivity (Wildman–Crippen MR) is 109 cm³/mol. The van der Waals surface area contributed by atoms with Crippen molar-refractivity contribution >= 4 is 39.3 Å². The number of hydrogen-bond donors (Lipinski definition) is 2. The van der Waals surface area contributed by atoms with E-state index in [1.807, 2.05) is 0 Å². The molecule has 1 fully saturated rings. The predicted octanol–water partition coefficient (Wildman–Crippen LogP) is 4.31. The van der Waals surface area contributed by atoms with Crippen LogP contribution in [0.4, 0.5) is 27.8 Å². The molecule has 3 aromatic rings. The van der Waals surface area contributed by atoms with Crippen LogP contribution >= 0.6 is 22.6 Å². The van der Waals surface area contributed by atoms with Gasteiger partial charge in [0.25, 0.3) is 0 Å². The number of phenols is 1. The van der Waals surface area contributed by atoms with Gasteiger partial charge in [-0.15, -0.1) is 0 Å². The lowest BCUT2D eigenvalue weighted by Crippen LogP contribution is -2.44. The fourth-order valence-corrected chi connectivity index (χ4v) is 4.23. The van der Waals surface area contributed by atoms with E-state index in [9.17, 15) is 22.7 Å². The lowest BCUT2D eigenvalue weighted by molar-refractivity contribution is -0.144. The molecule has 0 aliphatic carbocycles. The molecule has 4 rings (SSSR count). The number of benzene rings is 2. The molecule has 0 saturated carbocycles. The van der Waals surface area contributed by atoms with Crippen molar-refractivity contribution in [2.75, 3.05) is 31.1 Å². The van der Waals surface area contributed by atoms with Crippen LogP contribution < -0.4 is 10.2 Å². The topological polar surface area (TPSA) is 61.3 Å². The van der Waals surface area contributed by atoms with Crippen LogP contribution in [0.3, 0.4) is 0 Å². The molecule has 158 valence electrons. The molecular weight excluding hydrogens is 522 g/mol. The van der Waals surface area contributed by atoms with Gasteiger partial charge in [-0.05, 0) is 40.8 Å². The van der Waals surface area contributed by atoms with E-state index in [1.165, 1.54) is 18.2 Å². The zero-order valence-electron chi connectivity index (χ0n) is 15.2. The van der Waals surface area contributed by atoms with Crippen LogP contribution in [-0.2, 0) is 6.18 Å². The summed E-state index contributed by atoms with van der Waals surface area (Å²) in [4.78, 5) is 8.74. The number of rotatable bonds is 2. The molecule has 0 spiro atoms. The van der Waals surface area contributed by atoms with E-state index >= 15 is 4.39 Å². The van der Waals surface area contributed by atoms with Crippen LogP contribution in [0.1, 0.15) is 5.82 Å². The van der Waals surface area contributed by atoms with E-state index in [0.717, 1.165) is 6.07 Å². The smallest absolute Gasteiger partial charge is 0.451 e. The maximum atomic E-state index is 15.5. The number of aromatic nitrogens is 2. The molecule has 1 saturated heterocycles. The van der Waals surface area contributed by atoms with Crippen LogP contribution in [0.25, 0.3) is 22.0 Å². The number of piperazine rings is 1. The summed E-state index contributed by atoms with van der Waals surface area (Å²) in [6, 6.07) is 4.86. The minimum absolute atomic E-state index is 0.0325. The molecule has 2 aromatic carbocycles. The third-order valence-electron chi connectivity index (χ3n) is 4.77. The highest BCUT2D eigenvalue weighted by Gasteiger charge is 2.37. The van der Waals surface area contributed by atoms with E-state index in [4.69, 9.17) is 0 Å². The summed E-state index contributed by atoms with van der Waals surface area (Å²) >= 11 is 1.76. The van der Waals surface area contributed by atoms with Crippen molar-refractivity contribution in [3.05, 3.63) is 45.3 Å². The monoisotopic (exact) mass is 536 g/mol. The fourth-order valence-electron chi connectivity index (χ4n) is 3.41. The number of nitrogens with zero attached hydrogens (tertiary/aromatic N) is 3. The molecular formula is C19H14F5IN4O. The quantitative estimate of drug-likeness (QED) is 0.378. The molecule has 1 aliphatic heterocycles. The van der Waals surface area contributed by atoms with Gasteiger partial charge in [0, 0.05) is 40.7 Å². The summed E-state index contributed by atoms with van der Waals surface area (Å²) < 4.78 is 70.4. The van der Waals surface area contributed by atoms with Crippen molar-refractivity contribution in [3.8, 4) is 16.9 Å². The van der Waals surface area contributed by atoms with E-state index in [2.05, 4.69) is 15.3 Å². The zero-order valence-corrected chi connectivity index (χ0v) is 17.4. The number of hydrogen-bond acceptors (Lipinski definition) is 5. The Bertz CT molecular complexity index is 1110. The molecule has 11 heteroatoms. The number of anilines is 1. The first-order valence-corrected chi connectivity index (χ1v) is 9.97. The molecule has 2 N–H and O–H groups in total. The molecule has 0 unspecified atom stereocenters. The van der Waals surface area contributed by atoms with Gasteiger partial charge in [-0.2, -0.15) is 13.2 Å². The van der Waals surface area contributed by atoms with Gasteiger partial charge in [0.2, 0.25) is 5.82 Å². The van der Waals surface area contributed by atoms with E-state index < -0.39 is 40.5 Å². The zero-order chi connectivity index (χ0) is 21.6. The van der Waals surface area contributed by atoms with E-state index in [1.54, 1.807) is 27.5 Å². The number of aromatic hydroxyl groups is 1. The summed E-state index contributed by atoms with van der Waals surface area (Å²) in [6.07, 6.45) is -4.90. The van der Waals surface area contributed by atoms with Crippen molar-refractivity contribution in [3.63, 3.8) is 0 Å². The van der Waals surface area contributed by atoms with Crippen LogP contribution in [0.15, 0.2) is 24.3 Å². The van der Waals surface area contributed by atoms with Crippen LogP contribution in [0, 0.1) is 15.2 Å². The summed E-state index contributed by atoms with van der Waals surface area (Å²) in [7, 11) is 0. The third kappa shape index (κ3) is 3.64. The van der Waals surface area contributed by atoms with Crippen molar-refractivity contribution in [2.45, 2.75) is 6.18 Å². The van der Waals surface area contributed by atoms with Gasteiger partial charge in [-0.1, -0.05) is 6.07 Å². The molecule has 1 aromatic heterocycles. The Kier molecular flexibility index (Phi) is 5.43. The maximum Gasteiger partial charge on any atom is 0.451 e. The minimum Gasteiger partial charge on any atom is -0.507 e. The van der Waals surface area contributed by atoms with Crippen LogP contribution in [-0.4, -0.2) is 41.3 Å². The average Bonchev–Trinajstić information content (AvgIpc) is 2.69. The third-order valence-corrected chi connectivity index (χ3v) is 5.63. The summed E-state index contributed by atoms with van der Waals surface area (Å²) in [6.45, 7) is 1.84.